The van der Waals surface area contributed by atoms with Crippen molar-refractivity contribution in [2.45, 2.75) is 68.6 Å². The number of ether oxygens (including phenoxy) is 1. The summed E-state index contributed by atoms with van der Waals surface area (Å²) in [6.07, 6.45) is 10.9. The Bertz CT molecular complexity index is 1240. The van der Waals surface area contributed by atoms with E-state index in [1.54, 1.807) is 0 Å². The molecule has 1 saturated carbocycles. The van der Waals surface area contributed by atoms with Crippen molar-refractivity contribution in [1.82, 2.24) is 4.72 Å². The lowest BCUT2D eigenvalue weighted by atomic mass is 9.68. The van der Waals surface area contributed by atoms with Crippen molar-refractivity contribution in [3.05, 3.63) is 70.3 Å². The molecule has 2 aliphatic carbocycles. The van der Waals surface area contributed by atoms with Gasteiger partial charge in [0, 0.05) is 34.3 Å². The molecule has 2 bridgehead atoms. The van der Waals surface area contributed by atoms with Gasteiger partial charge < -0.3 is 14.7 Å². The van der Waals surface area contributed by atoms with Crippen LogP contribution in [0.25, 0.3) is 0 Å². The topological polar surface area (TPSA) is 61.8 Å². The van der Waals surface area contributed by atoms with Crippen LogP contribution in [0, 0.1) is 11.8 Å². The van der Waals surface area contributed by atoms with Crippen molar-refractivity contribution in [1.29, 1.82) is 0 Å². The molecule has 2 aliphatic heterocycles. The Balaban J connectivity index is 1.39. The number of nitrogens with zero attached hydrogens (tertiary/aromatic N) is 1. The minimum absolute atomic E-state index is 0.0687. The van der Waals surface area contributed by atoms with Crippen LogP contribution >= 0.6 is 23.5 Å². The van der Waals surface area contributed by atoms with E-state index in [1.807, 2.05) is 30.3 Å². The predicted molar refractivity (Wildman–Crippen MR) is 155 cm³/mol. The van der Waals surface area contributed by atoms with Crippen molar-refractivity contribution in [3.63, 3.8) is 0 Å². The molecule has 2 aromatic rings. The zero-order valence-corrected chi connectivity index (χ0v) is 23.6. The molecule has 5 atom stereocenters. The number of allylic oxidation sites excluding steroid dienone is 1. The number of nitrogens with one attached hydrogen (secondary N) is 1. The molecule has 38 heavy (non-hydrogen) atoms. The Labute approximate surface area is 235 Å². The SMILES string of the molecule is C[C@@H]1CC/C=C/[C@H](O)[C@@H]2CC[C@H]2CN2C[C@@]3(CCCc4cc(Cl)ccc43)COc3ccc(cc32)C(=O)NS1. The molecule has 202 valence electrons. The van der Waals surface area contributed by atoms with Crippen LogP contribution in [-0.2, 0) is 11.8 Å². The van der Waals surface area contributed by atoms with Crippen LogP contribution in [0.5, 0.6) is 5.75 Å². The number of carbonyl (C=O) groups is 1. The molecule has 2 heterocycles. The second kappa shape index (κ2) is 10.8. The van der Waals surface area contributed by atoms with Gasteiger partial charge in [-0.2, -0.15) is 0 Å². The highest BCUT2D eigenvalue weighted by atomic mass is 35.5. The number of hydrogen-bond donors (Lipinski definition) is 2. The lowest BCUT2D eigenvalue weighted by Crippen LogP contribution is -2.49. The van der Waals surface area contributed by atoms with Gasteiger partial charge in [-0.1, -0.05) is 36.7 Å². The summed E-state index contributed by atoms with van der Waals surface area (Å²) in [6, 6.07) is 12.2. The zero-order chi connectivity index (χ0) is 26.3. The van der Waals surface area contributed by atoms with Gasteiger partial charge in [0.05, 0.1) is 18.4 Å². The summed E-state index contributed by atoms with van der Waals surface area (Å²) in [4.78, 5) is 15.6. The van der Waals surface area contributed by atoms with E-state index in [-0.39, 0.29) is 22.5 Å². The maximum Gasteiger partial charge on any atom is 0.261 e. The third-order valence-electron chi connectivity index (χ3n) is 9.10. The van der Waals surface area contributed by atoms with Crippen LogP contribution in [0.4, 0.5) is 5.69 Å². The fourth-order valence-electron chi connectivity index (χ4n) is 6.79. The first-order valence-corrected chi connectivity index (χ1v) is 15.3. The van der Waals surface area contributed by atoms with Gasteiger partial charge in [0.25, 0.3) is 5.91 Å². The number of rotatable bonds is 0. The number of fused-ring (bicyclic) bond motifs is 4. The Morgan fingerprint density at radius 2 is 2.08 bits per heavy atom. The van der Waals surface area contributed by atoms with Crippen molar-refractivity contribution in [2.24, 2.45) is 11.8 Å². The summed E-state index contributed by atoms with van der Waals surface area (Å²) in [5.74, 6) is 1.42. The fraction of sp³-hybridized carbons (Fsp3) is 0.516. The number of hydrogen-bond acceptors (Lipinski definition) is 5. The highest BCUT2D eigenvalue weighted by Gasteiger charge is 2.44. The van der Waals surface area contributed by atoms with Gasteiger partial charge in [-0.25, -0.2) is 0 Å². The Hall–Kier alpha value is -2.15. The monoisotopic (exact) mass is 552 g/mol. The molecule has 7 heteroatoms. The molecule has 2 N–H and O–H groups in total. The van der Waals surface area contributed by atoms with Crippen LogP contribution in [0.1, 0.15) is 66.9 Å². The quantitative estimate of drug-likeness (QED) is 0.296. The maximum absolute atomic E-state index is 13.1. The third-order valence-corrected chi connectivity index (χ3v) is 10.3. The number of aryl methyl sites for hydroxylation is 1. The van der Waals surface area contributed by atoms with E-state index >= 15 is 0 Å². The highest BCUT2D eigenvalue weighted by Crippen LogP contribution is 2.46. The van der Waals surface area contributed by atoms with Gasteiger partial charge >= 0.3 is 0 Å². The number of amides is 1. The maximum atomic E-state index is 13.1. The van der Waals surface area contributed by atoms with Crippen LogP contribution in [-0.4, -0.2) is 42.1 Å². The lowest BCUT2D eigenvalue weighted by molar-refractivity contribution is 0.0456. The zero-order valence-electron chi connectivity index (χ0n) is 22.0. The normalized spacial score (nSPS) is 32.2. The standard InChI is InChI=1S/C31H37ClN2O3S/c1-20-5-2-3-7-28(35)25-11-8-23(25)17-34-18-31(14-4-6-21-15-24(32)10-12-26(21)31)19-37-29-13-9-22(16-27(29)34)30(36)33-38-20/h3,7,9-10,12-13,15-16,20,23,25,28,35H,2,4-6,8,11,14,17-19H2,1H3,(H,33,36)/b7-3+/t20-,23+,25-,28+,31+/m1/s1. The third kappa shape index (κ3) is 5.07. The summed E-state index contributed by atoms with van der Waals surface area (Å²) >= 11 is 7.86. The van der Waals surface area contributed by atoms with Gasteiger partial charge in [0.15, 0.2) is 0 Å². The first-order chi connectivity index (χ1) is 18.4. The van der Waals surface area contributed by atoms with Crippen molar-refractivity contribution in [3.8, 4) is 5.75 Å². The fourth-order valence-corrected chi connectivity index (χ4v) is 7.67. The molecule has 2 aromatic carbocycles. The number of carbonyl (C=O) groups excluding carboxylic acids is 1. The van der Waals surface area contributed by atoms with Crippen molar-refractivity contribution >= 4 is 35.1 Å². The van der Waals surface area contributed by atoms with E-state index in [0.717, 1.165) is 74.5 Å². The molecule has 0 saturated heterocycles. The summed E-state index contributed by atoms with van der Waals surface area (Å²) in [6.45, 7) is 4.39. The lowest BCUT2D eigenvalue weighted by Gasteiger charge is -2.45. The summed E-state index contributed by atoms with van der Waals surface area (Å²) < 4.78 is 9.63. The van der Waals surface area contributed by atoms with E-state index in [1.165, 1.54) is 23.1 Å². The Morgan fingerprint density at radius 3 is 2.92 bits per heavy atom. The summed E-state index contributed by atoms with van der Waals surface area (Å²) in [5, 5.41) is 12.1. The molecule has 0 radical (unpaired) electrons. The number of halogens is 1. The van der Waals surface area contributed by atoms with E-state index in [4.69, 9.17) is 16.3 Å². The van der Waals surface area contributed by atoms with Crippen LogP contribution in [0.15, 0.2) is 48.6 Å². The van der Waals surface area contributed by atoms with Crippen LogP contribution < -0.4 is 14.4 Å². The first kappa shape index (κ1) is 26.1. The van der Waals surface area contributed by atoms with Crippen LogP contribution in [0.2, 0.25) is 5.02 Å². The minimum Gasteiger partial charge on any atom is -0.490 e. The van der Waals surface area contributed by atoms with Gasteiger partial charge in [-0.15, -0.1) is 0 Å². The molecule has 6 rings (SSSR count). The highest BCUT2D eigenvalue weighted by molar-refractivity contribution is 7.98. The predicted octanol–water partition coefficient (Wildman–Crippen LogP) is 6.32. The molecule has 4 aliphatic rings. The molecule has 5 nitrogen and oxygen atoms in total. The van der Waals surface area contributed by atoms with Crippen molar-refractivity contribution < 1.29 is 14.6 Å². The van der Waals surface area contributed by atoms with Gasteiger partial charge in [-0.3, -0.25) is 9.52 Å². The molecule has 0 aromatic heterocycles. The average Bonchev–Trinajstić information content (AvgIpc) is 3.04. The van der Waals surface area contributed by atoms with E-state index < -0.39 is 6.10 Å². The van der Waals surface area contributed by atoms with Gasteiger partial charge in [-0.05, 0) is 110 Å². The van der Waals surface area contributed by atoms with Crippen molar-refractivity contribution in [2.75, 3.05) is 24.6 Å². The van der Waals surface area contributed by atoms with E-state index in [0.29, 0.717) is 18.1 Å². The Kier molecular flexibility index (Phi) is 7.41. The Morgan fingerprint density at radius 1 is 1.18 bits per heavy atom. The number of aliphatic hydroxyl groups is 1. The first-order valence-electron chi connectivity index (χ1n) is 14.0. The number of anilines is 1. The summed E-state index contributed by atoms with van der Waals surface area (Å²) in [5.41, 5.74) is 4.15. The minimum atomic E-state index is -0.412. The van der Waals surface area contributed by atoms with Crippen LogP contribution in [0.3, 0.4) is 0 Å². The molecule has 1 spiro atoms. The molecule has 1 fully saturated rings. The molecule has 0 unspecified atom stereocenters. The largest absolute Gasteiger partial charge is 0.490 e. The van der Waals surface area contributed by atoms with Gasteiger partial charge in [0.1, 0.15) is 5.75 Å². The smallest absolute Gasteiger partial charge is 0.261 e. The van der Waals surface area contributed by atoms with E-state index in [9.17, 15) is 9.90 Å². The molecular weight excluding hydrogens is 516 g/mol. The summed E-state index contributed by atoms with van der Waals surface area (Å²) in [7, 11) is 0. The van der Waals surface area contributed by atoms with Gasteiger partial charge in [0.2, 0.25) is 0 Å². The van der Waals surface area contributed by atoms with E-state index in [2.05, 4.69) is 34.8 Å². The second-order valence-electron chi connectivity index (χ2n) is 11.6. The average molecular weight is 553 g/mol. The number of aliphatic hydroxyl groups excluding tert-OH is 1. The molecular formula is C31H37ClN2O3S. The number of benzene rings is 2. The second-order valence-corrected chi connectivity index (χ2v) is 13.3. The molecule has 1 amide bonds.